The molecule has 0 bridgehead atoms. The van der Waals surface area contributed by atoms with Crippen molar-refractivity contribution in [2.24, 2.45) is 5.92 Å². The monoisotopic (exact) mass is 165 g/mol. The maximum atomic E-state index is 10.8. The molecule has 1 unspecified atom stereocenters. The summed E-state index contributed by atoms with van der Waals surface area (Å²) in [6.07, 6.45) is 5.25. The highest BCUT2D eigenvalue weighted by Crippen LogP contribution is 2.20. The van der Waals surface area contributed by atoms with Crippen molar-refractivity contribution in [3.8, 4) is 0 Å². The number of hydrogen-bond donors (Lipinski definition) is 1. The summed E-state index contributed by atoms with van der Waals surface area (Å²) in [5.74, 6) is 0.459. The molecule has 0 aromatic heterocycles. The smallest absolute Gasteiger partial charge is 0.221 e. The zero-order valence-electron chi connectivity index (χ0n) is 7.85. The molecule has 1 atom stereocenters. The van der Waals surface area contributed by atoms with E-state index in [-0.39, 0.29) is 5.91 Å². The Kier molecular flexibility index (Phi) is 2.69. The van der Waals surface area contributed by atoms with Crippen LogP contribution in [0.3, 0.4) is 0 Å². The predicted octanol–water partition coefficient (Wildman–Crippen LogP) is 1.99. The Morgan fingerprint density at radius 2 is 2.33 bits per heavy atom. The predicted molar refractivity (Wildman–Crippen MR) is 49.4 cm³/mol. The van der Waals surface area contributed by atoms with Crippen LogP contribution >= 0.6 is 0 Å². The molecule has 0 fully saturated rings. The first-order chi connectivity index (χ1) is 5.59. The van der Waals surface area contributed by atoms with E-state index in [1.54, 1.807) is 6.92 Å². The lowest BCUT2D eigenvalue weighted by atomic mass is 9.95. The second-order valence-electron chi connectivity index (χ2n) is 3.37. The van der Waals surface area contributed by atoms with Crippen LogP contribution in [0.4, 0.5) is 0 Å². The van der Waals surface area contributed by atoms with E-state index >= 15 is 0 Å². The molecule has 0 spiro atoms. The molecule has 1 aliphatic rings. The normalized spacial score (nSPS) is 22.8. The van der Waals surface area contributed by atoms with E-state index in [2.05, 4.69) is 18.3 Å². The molecule has 2 nitrogen and oxygen atoms in total. The van der Waals surface area contributed by atoms with Crippen LogP contribution in [0.2, 0.25) is 0 Å². The Labute approximate surface area is 73.4 Å². The molecule has 66 valence electrons. The van der Waals surface area contributed by atoms with Crippen molar-refractivity contribution in [2.75, 3.05) is 0 Å². The van der Waals surface area contributed by atoms with Gasteiger partial charge in [-0.05, 0) is 25.3 Å². The molecule has 0 aromatic rings. The first-order valence-corrected chi connectivity index (χ1v) is 4.25. The minimum atomic E-state index is 0.0165. The molecular formula is C10H15NO. The van der Waals surface area contributed by atoms with Gasteiger partial charge in [-0.25, -0.2) is 0 Å². The van der Waals surface area contributed by atoms with Gasteiger partial charge in [0.1, 0.15) is 0 Å². The van der Waals surface area contributed by atoms with Gasteiger partial charge in [-0.15, -0.1) is 0 Å². The minimum Gasteiger partial charge on any atom is -0.330 e. The molecule has 0 aromatic carbocycles. The van der Waals surface area contributed by atoms with E-state index in [1.807, 2.05) is 13.0 Å². The number of carbonyl (C=O) groups excluding carboxylic acids is 1. The highest BCUT2D eigenvalue weighted by Gasteiger charge is 2.12. The van der Waals surface area contributed by atoms with E-state index in [0.717, 1.165) is 12.1 Å². The molecule has 0 saturated carbocycles. The van der Waals surface area contributed by atoms with E-state index in [0.29, 0.717) is 5.92 Å². The van der Waals surface area contributed by atoms with Crippen LogP contribution in [0.5, 0.6) is 0 Å². The summed E-state index contributed by atoms with van der Waals surface area (Å²) in [5.41, 5.74) is 2.28. The number of hydrogen-bond acceptors (Lipinski definition) is 1. The minimum absolute atomic E-state index is 0.0165. The fourth-order valence-electron chi connectivity index (χ4n) is 1.30. The average Bonchev–Trinajstić information content (AvgIpc) is 1.96. The zero-order valence-corrected chi connectivity index (χ0v) is 7.85. The Balaban J connectivity index is 2.72. The van der Waals surface area contributed by atoms with Gasteiger partial charge in [-0.3, -0.25) is 4.79 Å². The van der Waals surface area contributed by atoms with Crippen molar-refractivity contribution < 1.29 is 4.79 Å². The van der Waals surface area contributed by atoms with Gasteiger partial charge in [0.25, 0.3) is 0 Å². The molecule has 0 heterocycles. The Morgan fingerprint density at radius 1 is 1.67 bits per heavy atom. The van der Waals surface area contributed by atoms with Gasteiger partial charge in [0.05, 0.1) is 0 Å². The molecule has 1 aliphatic carbocycles. The van der Waals surface area contributed by atoms with E-state index in [4.69, 9.17) is 0 Å². The van der Waals surface area contributed by atoms with Crippen LogP contribution in [0.1, 0.15) is 27.2 Å². The van der Waals surface area contributed by atoms with Gasteiger partial charge in [0.2, 0.25) is 5.91 Å². The number of amides is 1. The van der Waals surface area contributed by atoms with Gasteiger partial charge in [-0.2, -0.15) is 0 Å². The maximum Gasteiger partial charge on any atom is 0.221 e. The van der Waals surface area contributed by atoms with Crippen molar-refractivity contribution >= 4 is 5.91 Å². The summed E-state index contributed by atoms with van der Waals surface area (Å²) in [4.78, 5) is 10.8. The third-order valence-electron chi connectivity index (χ3n) is 2.03. The van der Waals surface area contributed by atoms with Crippen LogP contribution < -0.4 is 5.32 Å². The van der Waals surface area contributed by atoms with Gasteiger partial charge in [-0.1, -0.05) is 18.6 Å². The number of nitrogens with one attached hydrogen (secondary N) is 1. The van der Waals surface area contributed by atoms with Gasteiger partial charge < -0.3 is 5.32 Å². The SMILES string of the molecule is CC(=O)NC1=CC(C)=CCC1C. The Bertz CT molecular complexity index is 251. The summed E-state index contributed by atoms with van der Waals surface area (Å²) >= 11 is 0. The van der Waals surface area contributed by atoms with Crippen LogP contribution in [0.15, 0.2) is 23.4 Å². The van der Waals surface area contributed by atoms with Crippen LogP contribution in [-0.2, 0) is 4.79 Å². The molecule has 2 heteroatoms. The summed E-state index contributed by atoms with van der Waals surface area (Å²) in [6, 6.07) is 0. The molecule has 12 heavy (non-hydrogen) atoms. The van der Waals surface area contributed by atoms with E-state index in [1.165, 1.54) is 5.57 Å². The standard InChI is InChI=1S/C10H15NO/c1-7-4-5-8(2)10(6-7)11-9(3)12/h4,6,8H,5H2,1-3H3,(H,11,12). The molecule has 1 amide bonds. The maximum absolute atomic E-state index is 10.8. The second kappa shape index (κ2) is 3.57. The van der Waals surface area contributed by atoms with Crippen LogP contribution in [0, 0.1) is 5.92 Å². The highest BCUT2D eigenvalue weighted by molar-refractivity contribution is 5.75. The fourth-order valence-corrected chi connectivity index (χ4v) is 1.30. The van der Waals surface area contributed by atoms with Crippen molar-refractivity contribution in [1.29, 1.82) is 0 Å². The molecule has 0 saturated heterocycles. The number of carbonyl (C=O) groups is 1. The third kappa shape index (κ3) is 2.22. The quantitative estimate of drug-likeness (QED) is 0.632. The largest absolute Gasteiger partial charge is 0.330 e. The van der Waals surface area contributed by atoms with Crippen molar-refractivity contribution in [2.45, 2.75) is 27.2 Å². The second-order valence-corrected chi connectivity index (χ2v) is 3.37. The summed E-state index contributed by atoms with van der Waals surface area (Å²) in [6.45, 7) is 5.71. The molecule has 1 N–H and O–H groups in total. The van der Waals surface area contributed by atoms with Crippen molar-refractivity contribution in [3.63, 3.8) is 0 Å². The first-order valence-electron chi connectivity index (χ1n) is 4.25. The van der Waals surface area contributed by atoms with E-state index < -0.39 is 0 Å². The Hall–Kier alpha value is -1.05. The first kappa shape index (κ1) is 9.04. The lowest BCUT2D eigenvalue weighted by Crippen LogP contribution is -2.24. The van der Waals surface area contributed by atoms with E-state index in [9.17, 15) is 4.79 Å². The molecule has 0 radical (unpaired) electrons. The molecular weight excluding hydrogens is 150 g/mol. The van der Waals surface area contributed by atoms with Crippen molar-refractivity contribution in [1.82, 2.24) is 5.32 Å². The van der Waals surface area contributed by atoms with Gasteiger partial charge >= 0.3 is 0 Å². The van der Waals surface area contributed by atoms with Crippen LogP contribution in [0.25, 0.3) is 0 Å². The third-order valence-corrected chi connectivity index (χ3v) is 2.03. The summed E-state index contributed by atoms with van der Waals surface area (Å²) < 4.78 is 0. The summed E-state index contributed by atoms with van der Waals surface area (Å²) in [5, 5.41) is 2.84. The van der Waals surface area contributed by atoms with Gasteiger partial charge in [0, 0.05) is 12.6 Å². The van der Waals surface area contributed by atoms with Gasteiger partial charge in [0.15, 0.2) is 0 Å². The van der Waals surface area contributed by atoms with Crippen molar-refractivity contribution in [3.05, 3.63) is 23.4 Å². The lowest BCUT2D eigenvalue weighted by Gasteiger charge is -2.19. The average molecular weight is 165 g/mol. The molecule has 1 rings (SSSR count). The molecule has 0 aliphatic heterocycles. The number of allylic oxidation sites excluding steroid dienone is 4. The van der Waals surface area contributed by atoms with Crippen LogP contribution in [-0.4, -0.2) is 5.91 Å². The topological polar surface area (TPSA) is 29.1 Å². The highest BCUT2D eigenvalue weighted by atomic mass is 16.1. The Morgan fingerprint density at radius 3 is 2.92 bits per heavy atom. The lowest BCUT2D eigenvalue weighted by molar-refractivity contribution is -0.118. The fraction of sp³-hybridized carbons (Fsp3) is 0.500. The number of rotatable bonds is 1. The zero-order chi connectivity index (χ0) is 9.14. The summed E-state index contributed by atoms with van der Waals surface area (Å²) in [7, 11) is 0.